The minimum atomic E-state index is -1.20. The van der Waals surface area contributed by atoms with Crippen molar-refractivity contribution in [2.45, 2.75) is 206 Å². The Balaban J connectivity index is 2.41. The first-order chi connectivity index (χ1) is 28.9. The van der Waals surface area contributed by atoms with E-state index < -0.39 is 12.0 Å². The number of aliphatic hydroxyl groups excluding tert-OH is 1. The van der Waals surface area contributed by atoms with Gasteiger partial charge < -0.3 is 24.2 Å². The van der Waals surface area contributed by atoms with Gasteiger partial charge in [0.1, 0.15) is 19.8 Å². The molecule has 0 saturated carbocycles. The van der Waals surface area contributed by atoms with Gasteiger partial charge >= 0.3 is 17.9 Å². The van der Waals surface area contributed by atoms with Crippen LogP contribution in [0.2, 0.25) is 0 Å². The molecule has 0 aliphatic carbocycles. The second-order valence-corrected chi connectivity index (χ2v) is 17.0. The zero-order chi connectivity index (χ0) is 42.8. The number of carbonyl (C=O) groups is 3. The number of likely N-dealkylation sites (tertiary alicyclic amines) is 1. The molecule has 0 aromatic heterocycles. The number of rotatable bonds is 40. The van der Waals surface area contributed by atoms with Gasteiger partial charge in [0, 0.05) is 19.3 Å². The number of aliphatic hydroxyl groups is 1. The first-order valence-corrected chi connectivity index (χ1v) is 24.3. The quantitative estimate of drug-likeness (QED) is 0.0282. The summed E-state index contributed by atoms with van der Waals surface area (Å²) in [6.45, 7) is 6.74. The normalized spacial score (nSPS) is 14.0. The van der Waals surface area contributed by atoms with Crippen LogP contribution in [0.15, 0.2) is 48.6 Å². The highest BCUT2D eigenvalue weighted by Crippen LogP contribution is 2.22. The minimum Gasteiger partial charge on any atom is -0.465 e. The van der Waals surface area contributed by atoms with Crippen molar-refractivity contribution >= 4 is 17.9 Å². The third-order valence-electron chi connectivity index (χ3n) is 11.2. The lowest BCUT2D eigenvalue weighted by Gasteiger charge is -2.30. The lowest BCUT2D eigenvalue weighted by Crippen LogP contribution is -2.42. The Hall–Kier alpha value is -2.71. The molecule has 0 aromatic carbocycles. The molecule has 8 nitrogen and oxygen atoms in total. The Bertz CT molecular complexity index is 1060. The maximum Gasteiger partial charge on any atom is 0.305 e. The van der Waals surface area contributed by atoms with Crippen LogP contribution in [0.25, 0.3) is 0 Å². The van der Waals surface area contributed by atoms with Crippen LogP contribution >= 0.6 is 0 Å². The van der Waals surface area contributed by atoms with Crippen molar-refractivity contribution in [1.82, 2.24) is 4.90 Å². The van der Waals surface area contributed by atoms with Crippen LogP contribution in [0.4, 0.5) is 0 Å². The number of piperidine rings is 1. The molecular weight excluding hydrogens is 739 g/mol. The van der Waals surface area contributed by atoms with Crippen molar-refractivity contribution in [1.29, 1.82) is 0 Å². The number of hydrogen-bond acceptors (Lipinski definition) is 8. The van der Waals surface area contributed by atoms with Crippen LogP contribution in [0.5, 0.6) is 0 Å². The standard InChI is InChI=1S/C51H89NO7/c1-3-5-7-9-11-13-15-17-19-21-23-25-27-29-32-38-48(54)57-45-51(44-53,47-59-50(56)40-34-37-43-52-41-35-31-36-42-52)46-58-49(55)39-33-30-28-26-24-22-20-18-16-14-12-10-8-6-4-2/h11-14,17-20,53H,3-10,15-16,21-47H2,1-2H3/b13-11-,14-12-,19-17-,20-18-. The van der Waals surface area contributed by atoms with Gasteiger partial charge in [-0.2, -0.15) is 0 Å². The van der Waals surface area contributed by atoms with Crippen molar-refractivity contribution in [3.05, 3.63) is 48.6 Å². The Morgan fingerprint density at radius 2 is 0.831 bits per heavy atom. The number of allylic oxidation sites excluding steroid dienone is 8. The Morgan fingerprint density at radius 1 is 0.475 bits per heavy atom. The molecule has 0 radical (unpaired) electrons. The van der Waals surface area contributed by atoms with Gasteiger partial charge in [-0.3, -0.25) is 14.4 Å². The average Bonchev–Trinajstić information content (AvgIpc) is 3.25. The minimum absolute atomic E-state index is 0.178. The summed E-state index contributed by atoms with van der Waals surface area (Å²) in [6.07, 6.45) is 48.7. The van der Waals surface area contributed by atoms with Gasteiger partial charge in [0.05, 0.1) is 12.0 Å². The van der Waals surface area contributed by atoms with Gasteiger partial charge in [0.25, 0.3) is 0 Å². The molecule has 0 amide bonds. The van der Waals surface area contributed by atoms with E-state index in [0.29, 0.717) is 0 Å². The van der Waals surface area contributed by atoms with E-state index in [1.165, 1.54) is 70.6 Å². The summed E-state index contributed by atoms with van der Waals surface area (Å²) < 4.78 is 16.9. The summed E-state index contributed by atoms with van der Waals surface area (Å²) in [6, 6.07) is 0. The highest BCUT2D eigenvalue weighted by Gasteiger charge is 2.35. The van der Waals surface area contributed by atoms with E-state index in [1.807, 2.05) is 0 Å². The van der Waals surface area contributed by atoms with Gasteiger partial charge in [-0.05, 0) is 122 Å². The number of hydrogen-bond donors (Lipinski definition) is 1. The smallest absolute Gasteiger partial charge is 0.305 e. The molecule has 0 unspecified atom stereocenters. The van der Waals surface area contributed by atoms with Crippen molar-refractivity contribution in [3.8, 4) is 0 Å². The fourth-order valence-electron chi connectivity index (χ4n) is 7.13. The molecule has 1 aliphatic rings. The summed E-state index contributed by atoms with van der Waals surface area (Å²) in [5, 5.41) is 10.5. The maximum absolute atomic E-state index is 12.7. The fourth-order valence-corrected chi connectivity index (χ4v) is 7.13. The Labute approximate surface area is 362 Å². The van der Waals surface area contributed by atoms with E-state index in [4.69, 9.17) is 14.2 Å². The topological polar surface area (TPSA) is 102 Å². The molecule has 1 fully saturated rings. The molecule has 0 spiro atoms. The van der Waals surface area contributed by atoms with Crippen molar-refractivity contribution in [2.75, 3.05) is 46.1 Å². The van der Waals surface area contributed by atoms with Crippen LogP contribution in [-0.4, -0.2) is 74.0 Å². The van der Waals surface area contributed by atoms with Crippen molar-refractivity contribution in [2.24, 2.45) is 5.41 Å². The third kappa shape index (κ3) is 34.7. The van der Waals surface area contributed by atoms with E-state index in [2.05, 4.69) is 67.4 Å². The first kappa shape index (κ1) is 54.3. The fraction of sp³-hybridized carbons (Fsp3) is 0.784. The van der Waals surface area contributed by atoms with Crippen molar-refractivity contribution < 1.29 is 33.7 Å². The summed E-state index contributed by atoms with van der Waals surface area (Å²) in [5.74, 6) is -1.06. The zero-order valence-corrected chi connectivity index (χ0v) is 38.1. The lowest BCUT2D eigenvalue weighted by molar-refractivity contribution is -0.165. The molecular formula is C51H89NO7. The van der Waals surface area contributed by atoms with E-state index in [9.17, 15) is 19.5 Å². The second-order valence-electron chi connectivity index (χ2n) is 17.0. The number of ether oxygens (including phenoxy) is 3. The van der Waals surface area contributed by atoms with E-state index in [0.717, 1.165) is 122 Å². The molecule has 1 saturated heterocycles. The predicted molar refractivity (Wildman–Crippen MR) is 245 cm³/mol. The van der Waals surface area contributed by atoms with Crippen LogP contribution in [0.3, 0.4) is 0 Å². The number of unbranched alkanes of at least 4 members (excludes halogenated alkanes) is 17. The number of carbonyl (C=O) groups excluding carboxylic acids is 3. The van der Waals surface area contributed by atoms with E-state index in [1.54, 1.807) is 0 Å². The van der Waals surface area contributed by atoms with Gasteiger partial charge in [-0.25, -0.2) is 0 Å². The SMILES string of the molecule is CCCCC/C=C\C/C=C\CCCCCCCC(=O)OCC(CO)(COC(=O)CCCCCCC/C=C\C/C=C\CCCCC)COC(=O)CCCCN1CCCCC1. The predicted octanol–water partition coefficient (Wildman–Crippen LogP) is 12.9. The highest BCUT2D eigenvalue weighted by molar-refractivity contribution is 5.70. The van der Waals surface area contributed by atoms with Gasteiger partial charge in [0.15, 0.2) is 0 Å². The van der Waals surface area contributed by atoms with Crippen LogP contribution in [0, 0.1) is 5.41 Å². The average molecular weight is 828 g/mol. The molecule has 8 heteroatoms. The molecule has 340 valence electrons. The Kier molecular flexibility index (Phi) is 37.4. The third-order valence-corrected chi connectivity index (χ3v) is 11.2. The van der Waals surface area contributed by atoms with Crippen molar-refractivity contribution in [3.63, 3.8) is 0 Å². The van der Waals surface area contributed by atoms with Gasteiger partial charge in [0.2, 0.25) is 0 Å². The molecule has 0 aromatic rings. The summed E-state index contributed by atoms with van der Waals surface area (Å²) in [7, 11) is 0. The molecule has 1 rings (SSSR count). The molecule has 0 atom stereocenters. The molecule has 1 aliphatic heterocycles. The van der Waals surface area contributed by atoms with Gasteiger partial charge in [-0.1, -0.05) is 133 Å². The summed E-state index contributed by atoms with van der Waals surface area (Å²) in [4.78, 5) is 40.7. The number of nitrogens with zero attached hydrogens (tertiary/aromatic N) is 1. The molecule has 0 bridgehead atoms. The van der Waals surface area contributed by atoms with Crippen LogP contribution in [0.1, 0.15) is 206 Å². The largest absolute Gasteiger partial charge is 0.465 e. The maximum atomic E-state index is 12.7. The summed E-state index contributed by atoms with van der Waals surface area (Å²) in [5.41, 5.74) is -1.20. The highest BCUT2D eigenvalue weighted by atomic mass is 16.6. The summed E-state index contributed by atoms with van der Waals surface area (Å²) >= 11 is 0. The monoisotopic (exact) mass is 828 g/mol. The first-order valence-electron chi connectivity index (χ1n) is 24.3. The van der Waals surface area contributed by atoms with Crippen LogP contribution < -0.4 is 0 Å². The van der Waals surface area contributed by atoms with Crippen LogP contribution in [-0.2, 0) is 28.6 Å². The molecule has 59 heavy (non-hydrogen) atoms. The lowest BCUT2D eigenvalue weighted by atomic mass is 9.92. The van der Waals surface area contributed by atoms with E-state index >= 15 is 0 Å². The van der Waals surface area contributed by atoms with E-state index in [-0.39, 0.29) is 57.0 Å². The second kappa shape index (κ2) is 40.7. The Morgan fingerprint density at radius 3 is 1.22 bits per heavy atom. The number of esters is 3. The molecule has 1 N–H and O–H groups in total. The molecule has 1 heterocycles. The van der Waals surface area contributed by atoms with Gasteiger partial charge in [-0.15, -0.1) is 0 Å². The zero-order valence-electron chi connectivity index (χ0n) is 38.1.